The van der Waals surface area contributed by atoms with Gasteiger partial charge in [-0.1, -0.05) is 91.7 Å². The molecule has 4 rings (SSSR count). The van der Waals surface area contributed by atoms with Gasteiger partial charge in [-0.25, -0.2) is 8.42 Å². The molecule has 10 heteroatoms. The van der Waals surface area contributed by atoms with Crippen LogP contribution in [0.2, 0.25) is 0 Å². The maximum absolute atomic E-state index is 14.7. The Morgan fingerprint density at radius 2 is 1.48 bits per heavy atom. The van der Waals surface area contributed by atoms with Gasteiger partial charge >= 0.3 is 0 Å². The third-order valence-corrected chi connectivity index (χ3v) is 9.71. The zero-order chi connectivity index (χ0) is 34.8. The van der Waals surface area contributed by atoms with Gasteiger partial charge in [0.05, 0.1) is 24.8 Å². The van der Waals surface area contributed by atoms with Gasteiger partial charge in [-0.05, 0) is 55.2 Å². The topological polar surface area (TPSA) is 105 Å². The minimum atomic E-state index is -4.31. The summed E-state index contributed by atoms with van der Waals surface area (Å²) in [6.45, 7) is 7.72. The normalized spacial score (nSPS) is 11.9. The van der Waals surface area contributed by atoms with Gasteiger partial charge in [0.25, 0.3) is 10.0 Å². The molecule has 0 fully saturated rings. The molecule has 0 spiro atoms. The van der Waals surface area contributed by atoms with Crippen molar-refractivity contribution < 1.29 is 27.5 Å². The fourth-order valence-corrected chi connectivity index (χ4v) is 6.74. The van der Waals surface area contributed by atoms with Crippen molar-refractivity contribution >= 4 is 27.5 Å². The first-order valence-corrected chi connectivity index (χ1v) is 17.3. The van der Waals surface area contributed by atoms with Gasteiger partial charge in [0.1, 0.15) is 24.1 Å². The highest BCUT2D eigenvalue weighted by Gasteiger charge is 2.36. The summed E-state index contributed by atoms with van der Waals surface area (Å²) in [5.41, 5.74) is 3.68. The van der Waals surface area contributed by atoms with E-state index in [1.165, 1.54) is 37.3 Å². The number of carbonyl (C=O) groups excluding carboxylic acids is 2. The van der Waals surface area contributed by atoms with Crippen LogP contribution in [0.4, 0.5) is 5.69 Å². The third kappa shape index (κ3) is 9.16. The summed E-state index contributed by atoms with van der Waals surface area (Å²) in [5.74, 6) is -0.0740. The molecule has 48 heavy (non-hydrogen) atoms. The van der Waals surface area contributed by atoms with Crippen LogP contribution in [0.3, 0.4) is 0 Å². The predicted molar refractivity (Wildman–Crippen MR) is 189 cm³/mol. The summed E-state index contributed by atoms with van der Waals surface area (Å²) in [5, 5.41) is 3.01. The van der Waals surface area contributed by atoms with E-state index in [4.69, 9.17) is 9.47 Å². The standard InChI is InChI=1S/C38H45N3O6S/c1-27(2)24-39-38(43)35(22-30-12-8-7-9-13-30)40(25-31-14-10-11-29(4)21-31)37(42)26-41(34-23-32(46-5)17-20-36(34)47-6)48(44,45)33-18-15-28(3)16-19-33/h7-21,23,27,35H,22,24-26H2,1-6H3,(H,39,43)/t35-/m1/s1. The minimum absolute atomic E-state index is 0.00604. The predicted octanol–water partition coefficient (Wildman–Crippen LogP) is 5.93. The molecule has 0 aliphatic carbocycles. The van der Waals surface area contributed by atoms with Gasteiger partial charge in [0.15, 0.2) is 0 Å². The van der Waals surface area contributed by atoms with Crippen molar-refractivity contribution in [3.8, 4) is 11.5 Å². The molecule has 254 valence electrons. The lowest BCUT2D eigenvalue weighted by Gasteiger charge is -2.34. The summed E-state index contributed by atoms with van der Waals surface area (Å²) >= 11 is 0. The van der Waals surface area contributed by atoms with Gasteiger partial charge < -0.3 is 19.7 Å². The van der Waals surface area contributed by atoms with Gasteiger partial charge in [-0.3, -0.25) is 13.9 Å². The molecule has 0 saturated heterocycles. The van der Waals surface area contributed by atoms with Crippen LogP contribution in [0, 0.1) is 19.8 Å². The Morgan fingerprint density at radius 1 is 0.792 bits per heavy atom. The Hall–Kier alpha value is -4.83. The number of hydrogen-bond acceptors (Lipinski definition) is 6. The van der Waals surface area contributed by atoms with Crippen LogP contribution < -0.4 is 19.1 Å². The molecule has 2 amide bonds. The quantitative estimate of drug-likeness (QED) is 0.168. The lowest BCUT2D eigenvalue weighted by molar-refractivity contribution is -0.140. The number of aryl methyl sites for hydroxylation is 2. The number of nitrogens with one attached hydrogen (secondary N) is 1. The van der Waals surface area contributed by atoms with Gasteiger partial charge in [0.2, 0.25) is 11.8 Å². The average molecular weight is 672 g/mol. The van der Waals surface area contributed by atoms with Crippen LogP contribution in [0.15, 0.2) is 102 Å². The molecular formula is C38H45N3O6S. The molecule has 0 aliphatic heterocycles. The number of ether oxygens (including phenoxy) is 2. The van der Waals surface area contributed by atoms with E-state index in [1.54, 1.807) is 24.3 Å². The van der Waals surface area contributed by atoms with E-state index in [2.05, 4.69) is 5.32 Å². The van der Waals surface area contributed by atoms with E-state index in [0.29, 0.717) is 12.3 Å². The highest BCUT2D eigenvalue weighted by molar-refractivity contribution is 7.92. The van der Waals surface area contributed by atoms with E-state index < -0.39 is 28.5 Å². The molecule has 0 heterocycles. The van der Waals surface area contributed by atoms with Gasteiger partial charge in [-0.2, -0.15) is 0 Å². The average Bonchev–Trinajstić information content (AvgIpc) is 3.07. The van der Waals surface area contributed by atoms with E-state index in [-0.39, 0.29) is 41.1 Å². The minimum Gasteiger partial charge on any atom is -0.497 e. The van der Waals surface area contributed by atoms with Crippen molar-refractivity contribution in [2.45, 2.75) is 51.6 Å². The Morgan fingerprint density at radius 3 is 2.10 bits per heavy atom. The maximum atomic E-state index is 14.7. The summed E-state index contributed by atoms with van der Waals surface area (Å²) in [6, 6.07) is 27.5. The molecule has 0 aliphatic rings. The first kappa shape index (κ1) is 36.0. The smallest absolute Gasteiger partial charge is 0.264 e. The van der Waals surface area contributed by atoms with Crippen molar-refractivity contribution in [1.29, 1.82) is 0 Å². The molecular weight excluding hydrogens is 627 g/mol. The molecule has 4 aromatic carbocycles. The van der Waals surface area contributed by atoms with E-state index >= 15 is 0 Å². The molecule has 0 aromatic heterocycles. The zero-order valence-electron chi connectivity index (χ0n) is 28.5. The van der Waals surface area contributed by atoms with Crippen LogP contribution in [0.5, 0.6) is 11.5 Å². The monoisotopic (exact) mass is 671 g/mol. The number of sulfonamides is 1. The highest BCUT2D eigenvalue weighted by Crippen LogP contribution is 2.36. The SMILES string of the molecule is COc1ccc(OC)c(N(CC(=O)N(Cc2cccc(C)c2)[C@H](Cc2ccccc2)C(=O)NCC(C)C)S(=O)(=O)c2ccc(C)cc2)c1. The Kier molecular flexibility index (Phi) is 12.2. The number of amides is 2. The Bertz CT molecular complexity index is 1790. The molecule has 0 saturated carbocycles. The molecule has 0 bridgehead atoms. The molecule has 4 aromatic rings. The number of anilines is 1. The van der Waals surface area contributed by atoms with Crippen LogP contribution in [0.1, 0.15) is 36.1 Å². The van der Waals surface area contributed by atoms with Crippen molar-refractivity contribution in [1.82, 2.24) is 10.2 Å². The van der Waals surface area contributed by atoms with Crippen molar-refractivity contribution in [2.75, 3.05) is 31.6 Å². The van der Waals surface area contributed by atoms with Gasteiger partial charge in [-0.15, -0.1) is 0 Å². The second-order valence-corrected chi connectivity index (χ2v) is 14.1. The van der Waals surface area contributed by atoms with Crippen LogP contribution in [0.25, 0.3) is 0 Å². The molecule has 0 unspecified atom stereocenters. The lowest BCUT2D eigenvalue weighted by atomic mass is 10.0. The molecule has 0 radical (unpaired) electrons. The van der Waals surface area contributed by atoms with Crippen LogP contribution in [-0.4, -0.2) is 58.5 Å². The number of benzene rings is 4. The number of hydrogen-bond donors (Lipinski definition) is 1. The first-order chi connectivity index (χ1) is 22.9. The summed E-state index contributed by atoms with van der Waals surface area (Å²) in [7, 11) is -1.40. The largest absolute Gasteiger partial charge is 0.497 e. The number of rotatable bonds is 15. The lowest BCUT2D eigenvalue weighted by Crippen LogP contribution is -2.53. The molecule has 9 nitrogen and oxygen atoms in total. The summed E-state index contributed by atoms with van der Waals surface area (Å²) < 4.78 is 40.9. The molecule has 1 atom stereocenters. The first-order valence-electron chi connectivity index (χ1n) is 15.9. The van der Waals surface area contributed by atoms with E-state index in [0.717, 1.165) is 26.6 Å². The van der Waals surface area contributed by atoms with Gasteiger partial charge in [0, 0.05) is 25.6 Å². The summed E-state index contributed by atoms with van der Waals surface area (Å²) in [4.78, 5) is 30.2. The second-order valence-electron chi connectivity index (χ2n) is 12.2. The zero-order valence-corrected chi connectivity index (χ0v) is 29.3. The molecule has 1 N–H and O–H groups in total. The second kappa shape index (κ2) is 16.3. The highest BCUT2D eigenvalue weighted by atomic mass is 32.2. The summed E-state index contributed by atoms with van der Waals surface area (Å²) in [6.07, 6.45) is 0.232. The maximum Gasteiger partial charge on any atom is 0.264 e. The Labute approximate surface area is 284 Å². The van der Waals surface area contributed by atoms with Crippen LogP contribution >= 0.6 is 0 Å². The van der Waals surface area contributed by atoms with Crippen molar-refractivity contribution in [3.05, 3.63) is 119 Å². The van der Waals surface area contributed by atoms with E-state index in [9.17, 15) is 18.0 Å². The van der Waals surface area contributed by atoms with Crippen molar-refractivity contribution in [3.63, 3.8) is 0 Å². The van der Waals surface area contributed by atoms with Crippen molar-refractivity contribution in [2.24, 2.45) is 5.92 Å². The number of methoxy groups -OCH3 is 2. The fourth-order valence-electron chi connectivity index (χ4n) is 5.33. The number of carbonyl (C=O) groups is 2. The van der Waals surface area contributed by atoms with Crippen LogP contribution in [-0.2, 0) is 32.6 Å². The fraction of sp³-hybridized carbons (Fsp3) is 0.316. The Balaban J connectivity index is 1.86. The third-order valence-electron chi connectivity index (χ3n) is 7.93. The number of nitrogens with zero attached hydrogens (tertiary/aromatic N) is 2. The van der Waals surface area contributed by atoms with E-state index in [1.807, 2.05) is 82.3 Å².